The molecule has 5 nitrogen and oxygen atoms in total. The average Bonchev–Trinajstić information content (AvgIpc) is 3.48. The van der Waals surface area contributed by atoms with E-state index in [4.69, 9.17) is 9.47 Å². The van der Waals surface area contributed by atoms with Gasteiger partial charge in [0.1, 0.15) is 11.9 Å². The zero-order valence-electron chi connectivity index (χ0n) is 15.0. The van der Waals surface area contributed by atoms with E-state index in [1.165, 1.54) is 0 Å². The number of hydrogen-bond donors (Lipinski definition) is 1. The van der Waals surface area contributed by atoms with Gasteiger partial charge in [-0.3, -0.25) is 9.78 Å². The highest BCUT2D eigenvalue weighted by Crippen LogP contribution is 2.48. The third kappa shape index (κ3) is 3.44. The fraction of sp³-hybridized carbons (Fsp3) is 0.429. The lowest BCUT2D eigenvalue weighted by Crippen LogP contribution is -2.54. The Morgan fingerprint density at radius 3 is 2.73 bits per heavy atom. The number of carbonyl (C=O) groups is 1. The number of benzene rings is 1. The molecule has 26 heavy (non-hydrogen) atoms. The van der Waals surface area contributed by atoms with Crippen molar-refractivity contribution in [2.45, 2.75) is 43.7 Å². The van der Waals surface area contributed by atoms with E-state index in [9.17, 15) is 4.79 Å². The Balaban J connectivity index is 1.45. The molecule has 0 bridgehead atoms. The minimum atomic E-state index is -0.380. The third-order valence-corrected chi connectivity index (χ3v) is 5.29. The summed E-state index contributed by atoms with van der Waals surface area (Å²) in [5, 5.41) is 3.19. The molecule has 1 aliphatic carbocycles. The quantitative estimate of drug-likeness (QED) is 0.899. The molecule has 2 aliphatic rings. The van der Waals surface area contributed by atoms with Gasteiger partial charge in [-0.25, -0.2) is 0 Å². The molecule has 4 rings (SSSR count). The Kier molecular flexibility index (Phi) is 4.64. The summed E-state index contributed by atoms with van der Waals surface area (Å²) in [5.74, 6) is 0.806. The minimum Gasteiger partial charge on any atom is -0.486 e. The number of amides is 1. The van der Waals surface area contributed by atoms with Crippen LogP contribution in [0.1, 0.15) is 30.5 Å². The third-order valence-electron chi connectivity index (χ3n) is 5.29. The van der Waals surface area contributed by atoms with Crippen LogP contribution in [0, 0.1) is 6.92 Å². The van der Waals surface area contributed by atoms with Crippen molar-refractivity contribution in [3.05, 3.63) is 59.9 Å². The molecule has 0 spiro atoms. The van der Waals surface area contributed by atoms with Crippen LogP contribution in [0.2, 0.25) is 0 Å². The van der Waals surface area contributed by atoms with Crippen molar-refractivity contribution in [3.63, 3.8) is 0 Å². The zero-order chi connectivity index (χ0) is 18.0. The topological polar surface area (TPSA) is 60.5 Å². The number of carbonyl (C=O) groups excluding carboxylic acids is 1. The molecule has 0 radical (unpaired) electrons. The lowest BCUT2D eigenvalue weighted by molar-refractivity contribution is -0.126. The maximum Gasteiger partial charge on any atom is 0.231 e. The number of rotatable bonds is 5. The predicted molar refractivity (Wildman–Crippen MR) is 98.1 cm³/mol. The maximum absolute atomic E-state index is 13.0. The molecule has 136 valence electrons. The van der Waals surface area contributed by atoms with Crippen molar-refractivity contribution in [2.24, 2.45) is 0 Å². The highest BCUT2D eigenvalue weighted by atomic mass is 16.5. The van der Waals surface area contributed by atoms with Crippen LogP contribution in [-0.2, 0) is 14.9 Å². The normalized spacial score (nSPS) is 23.9. The van der Waals surface area contributed by atoms with E-state index >= 15 is 0 Å². The number of nitrogens with zero attached hydrogens (tertiary/aromatic N) is 1. The molecule has 2 fully saturated rings. The standard InChI is InChI=1S/C21H24N2O3/c1-15-7-8-17(13-22-15)26-19-9-12-25-14-18(19)23-20(24)21(10-11-21)16-5-3-2-4-6-16/h2-8,13,18-19H,9-12,14H2,1H3,(H,23,24)/t18-,19+/m0/s1. The van der Waals surface area contributed by atoms with Gasteiger partial charge in [-0.1, -0.05) is 30.3 Å². The first-order valence-corrected chi connectivity index (χ1v) is 9.21. The van der Waals surface area contributed by atoms with Crippen LogP contribution in [0.15, 0.2) is 48.7 Å². The number of hydrogen-bond acceptors (Lipinski definition) is 4. The number of ether oxygens (including phenoxy) is 2. The molecule has 2 heterocycles. The summed E-state index contributed by atoms with van der Waals surface area (Å²) >= 11 is 0. The summed E-state index contributed by atoms with van der Waals surface area (Å²) in [6.45, 7) is 3.06. The predicted octanol–water partition coefficient (Wildman–Crippen LogP) is 2.77. The number of pyridine rings is 1. The van der Waals surface area contributed by atoms with Crippen LogP contribution in [0.25, 0.3) is 0 Å². The van der Waals surface area contributed by atoms with E-state index in [1.807, 2.05) is 49.4 Å². The van der Waals surface area contributed by atoms with E-state index in [-0.39, 0.29) is 23.5 Å². The highest BCUT2D eigenvalue weighted by Gasteiger charge is 2.52. The molecule has 1 aliphatic heterocycles. The SMILES string of the molecule is Cc1ccc(O[C@@H]2CCOC[C@@H]2NC(=O)C2(c3ccccc3)CC2)cn1. The molecule has 0 unspecified atom stereocenters. The largest absolute Gasteiger partial charge is 0.486 e. The van der Waals surface area contributed by atoms with Gasteiger partial charge >= 0.3 is 0 Å². The van der Waals surface area contributed by atoms with Crippen molar-refractivity contribution >= 4 is 5.91 Å². The second kappa shape index (κ2) is 7.08. The lowest BCUT2D eigenvalue weighted by Gasteiger charge is -2.33. The molecule has 1 aromatic heterocycles. The molecule has 5 heteroatoms. The smallest absolute Gasteiger partial charge is 0.231 e. The van der Waals surface area contributed by atoms with Crippen LogP contribution >= 0.6 is 0 Å². The molecular weight excluding hydrogens is 328 g/mol. The fourth-order valence-electron chi connectivity index (χ4n) is 3.53. The van der Waals surface area contributed by atoms with E-state index < -0.39 is 0 Å². The fourth-order valence-corrected chi connectivity index (χ4v) is 3.53. The Bertz CT molecular complexity index is 757. The minimum absolute atomic E-state index is 0.0785. The van der Waals surface area contributed by atoms with Gasteiger partial charge in [0, 0.05) is 12.1 Å². The first-order valence-electron chi connectivity index (χ1n) is 9.21. The summed E-state index contributed by atoms with van der Waals surface area (Å²) in [6.07, 6.45) is 4.16. The van der Waals surface area contributed by atoms with Gasteiger partial charge in [0.05, 0.1) is 30.9 Å². The van der Waals surface area contributed by atoms with Gasteiger partial charge in [0.2, 0.25) is 5.91 Å². The van der Waals surface area contributed by atoms with Crippen LogP contribution in [0.5, 0.6) is 5.75 Å². The monoisotopic (exact) mass is 352 g/mol. The van der Waals surface area contributed by atoms with Crippen molar-refractivity contribution in [3.8, 4) is 5.75 Å². The molecule has 1 saturated carbocycles. The van der Waals surface area contributed by atoms with Gasteiger partial charge in [-0.15, -0.1) is 0 Å². The molecule has 1 saturated heterocycles. The van der Waals surface area contributed by atoms with Gasteiger partial charge < -0.3 is 14.8 Å². The summed E-state index contributed by atoms with van der Waals surface area (Å²) in [6, 6.07) is 13.7. The Morgan fingerprint density at radius 2 is 2.04 bits per heavy atom. The number of nitrogens with one attached hydrogen (secondary N) is 1. The average molecular weight is 352 g/mol. The van der Waals surface area contributed by atoms with E-state index in [1.54, 1.807) is 6.20 Å². The molecule has 2 atom stereocenters. The Hall–Kier alpha value is -2.40. The van der Waals surface area contributed by atoms with Gasteiger partial charge in [0.15, 0.2) is 0 Å². The van der Waals surface area contributed by atoms with E-state index in [0.717, 1.165) is 36.3 Å². The Labute approximate surface area is 153 Å². The summed E-state index contributed by atoms with van der Waals surface area (Å²) < 4.78 is 11.7. The second-order valence-electron chi connectivity index (χ2n) is 7.18. The van der Waals surface area contributed by atoms with Crippen LogP contribution < -0.4 is 10.1 Å². The number of aromatic nitrogens is 1. The van der Waals surface area contributed by atoms with Gasteiger partial charge in [-0.2, -0.15) is 0 Å². The van der Waals surface area contributed by atoms with Crippen molar-refractivity contribution in [1.29, 1.82) is 0 Å². The summed E-state index contributed by atoms with van der Waals surface area (Å²) in [4.78, 5) is 17.3. The Morgan fingerprint density at radius 1 is 1.23 bits per heavy atom. The molecule has 1 amide bonds. The van der Waals surface area contributed by atoms with Crippen molar-refractivity contribution < 1.29 is 14.3 Å². The lowest BCUT2D eigenvalue weighted by atomic mass is 9.94. The van der Waals surface area contributed by atoms with Crippen LogP contribution in [0.3, 0.4) is 0 Å². The van der Waals surface area contributed by atoms with Crippen LogP contribution in [0.4, 0.5) is 0 Å². The first kappa shape index (κ1) is 17.0. The number of aryl methyl sites for hydroxylation is 1. The highest BCUT2D eigenvalue weighted by molar-refractivity contribution is 5.91. The van der Waals surface area contributed by atoms with E-state index in [2.05, 4.69) is 10.3 Å². The van der Waals surface area contributed by atoms with Crippen molar-refractivity contribution in [1.82, 2.24) is 10.3 Å². The summed E-state index contributed by atoms with van der Waals surface area (Å²) in [7, 11) is 0. The maximum atomic E-state index is 13.0. The molecular formula is C21H24N2O3. The second-order valence-corrected chi connectivity index (χ2v) is 7.18. The van der Waals surface area contributed by atoms with E-state index in [0.29, 0.717) is 13.2 Å². The zero-order valence-corrected chi connectivity index (χ0v) is 15.0. The first-order chi connectivity index (χ1) is 12.7. The van der Waals surface area contributed by atoms with Crippen LogP contribution in [-0.4, -0.2) is 36.3 Å². The van der Waals surface area contributed by atoms with Gasteiger partial charge in [-0.05, 0) is 37.5 Å². The molecule has 1 N–H and O–H groups in total. The molecule has 1 aromatic carbocycles. The van der Waals surface area contributed by atoms with Gasteiger partial charge in [0.25, 0.3) is 0 Å². The molecule has 2 aromatic rings. The van der Waals surface area contributed by atoms with Crippen molar-refractivity contribution in [2.75, 3.05) is 13.2 Å². The summed E-state index contributed by atoms with van der Waals surface area (Å²) in [5.41, 5.74) is 1.66.